The average molecular weight is 270 g/mol. The van der Waals surface area contributed by atoms with Crippen molar-refractivity contribution in [2.24, 2.45) is 5.73 Å². The molecular weight excluding hydrogens is 254 g/mol. The molecule has 2 atom stereocenters. The Labute approximate surface area is 98.9 Å². The van der Waals surface area contributed by atoms with Crippen molar-refractivity contribution in [3.8, 4) is 0 Å². The van der Waals surface area contributed by atoms with Crippen LogP contribution in [0.15, 0.2) is 22.7 Å². The summed E-state index contributed by atoms with van der Waals surface area (Å²) < 4.78 is 6.84. The van der Waals surface area contributed by atoms with Crippen molar-refractivity contribution in [3.63, 3.8) is 0 Å². The molecule has 0 aliphatic carbocycles. The maximum Gasteiger partial charge on any atom is 0.0986 e. The fourth-order valence-corrected chi connectivity index (χ4v) is 2.71. The molecule has 0 amide bonds. The summed E-state index contributed by atoms with van der Waals surface area (Å²) in [5.41, 5.74) is 8.49. The number of halogens is 1. The molecule has 2 rings (SSSR count). The monoisotopic (exact) mass is 269 g/mol. The van der Waals surface area contributed by atoms with Gasteiger partial charge in [0, 0.05) is 17.1 Å². The predicted molar refractivity (Wildman–Crippen MR) is 64.8 cm³/mol. The van der Waals surface area contributed by atoms with E-state index >= 15 is 0 Å². The van der Waals surface area contributed by atoms with E-state index in [-0.39, 0.29) is 12.1 Å². The van der Waals surface area contributed by atoms with Crippen LogP contribution in [0.5, 0.6) is 0 Å². The first-order chi connectivity index (χ1) is 7.18. The Hall–Kier alpha value is -0.380. The van der Waals surface area contributed by atoms with Gasteiger partial charge in [0.05, 0.1) is 6.10 Å². The number of ether oxygens (including phenoxy) is 1. The first-order valence-corrected chi connectivity index (χ1v) is 6.11. The van der Waals surface area contributed by atoms with Gasteiger partial charge >= 0.3 is 0 Å². The fourth-order valence-electron chi connectivity index (χ4n) is 1.99. The molecule has 0 saturated carbocycles. The molecule has 1 heterocycles. The lowest BCUT2D eigenvalue weighted by Crippen LogP contribution is -2.34. The minimum Gasteiger partial charge on any atom is -0.372 e. The third-order valence-corrected chi connectivity index (χ3v) is 3.52. The number of nitrogens with two attached hydrogens (primary N) is 1. The van der Waals surface area contributed by atoms with Crippen molar-refractivity contribution in [2.75, 3.05) is 6.61 Å². The molecule has 3 heteroatoms. The molecule has 0 radical (unpaired) electrons. The first kappa shape index (κ1) is 11.1. The Morgan fingerprint density at radius 1 is 1.47 bits per heavy atom. The Morgan fingerprint density at radius 3 is 2.93 bits per heavy atom. The Morgan fingerprint density at radius 2 is 2.27 bits per heavy atom. The summed E-state index contributed by atoms with van der Waals surface area (Å²) in [5.74, 6) is 0. The lowest BCUT2D eigenvalue weighted by molar-refractivity contribution is -0.000282. The maximum atomic E-state index is 6.07. The fraction of sp³-hybridized carbons (Fsp3) is 0.500. The Bertz CT molecular complexity index is 353. The molecule has 1 saturated heterocycles. The van der Waals surface area contributed by atoms with Crippen LogP contribution in [-0.4, -0.2) is 12.6 Å². The van der Waals surface area contributed by atoms with E-state index in [1.165, 1.54) is 11.1 Å². The van der Waals surface area contributed by atoms with Crippen molar-refractivity contribution in [1.29, 1.82) is 0 Å². The number of benzene rings is 1. The van der Waals surface area contributed by atoms with Gasteiger partial charge in [-0.1, -0.05) is 28.1 Å². The van der Waals surface area contributed by atoms with Gasteiger partial charge in [-0.2, -0.15) is 0 Å². The molecule has 2 unspecified atom stereocenters. The van der Waals surface area contributed by atoms with E-state index < -0.39 is 0 Å². The van der Waals surface area contributed by atoms with Crippen LogP contribution in [0.2, 0.25) is 0 Å². The van der Waals surface area contributed by atoms with E-state index in [4.69, 9.17) is 10.5 Å². The lowest BCUT2D eigenvalue weighted by Gasteiger charge is -2.30. The molecule has 1 fully saturated rings. The van der Waals surface area contributed by atoms with Gasteiger partial charge in [0.15, 0.2) is 0 Å². The van der Waals surface area contributed by atoms with Gasteiger partial charge in [0.1, 0.15) is 0 Å². The van der Waals surface area contributed by atoms with Gasteiger partial charge in [-0.05, 0) is 37.0 Å². The van der Waals surface area contributed by atoms with E-state index in [2.05, 4.69) is 41.1 Å². The highest BCUT2D eigenvalue weighted by molar-refractivity contribution is 9.10. The summed E-state index contributed by atoms with van der Waals surface area (Å²) in [6, 6.07) is 6.44. The summed E-state index contributed by atoms with van der Waals surface area (Å²) in [7, 11) is 0. The molecule has 2 nitrogen and oxygen atoms in total. The zero-order valence-corrected chi connectivity index (χ0v) is 10.5. The van der Waals surface area contributed by atoms with Crippen molar-refractivity contribution in [1.82, 2.24) is 0 Å². The van der Waals surface area contributed by atoms with Gasteiger partial charge in [-0.15, -0.1) is 0 Å². The molecule has 1 aliphatic rings. The molecule has 1 aliphatic heterocycles. The van der Waals surface area contributed by atoms with E-state index in [0.29, 0.717) is 0 Å². The van der Waals surface area contributed by atoms with E-state index in [1.54, 1.807) is 0 Å². The topological polar surface area (TPSA) is 35.2 Å². The number of hydrogen-bond acceptors (Lipinski definition) is 2. The summed E-state index contributed by atoms with van der Waals surface area (Å²) >= 11 is 3.57. The molecule has 82 valence electrons. The first-order valence-electron chi connectivity index (χ1n) is 5.31. The molecule has 15 heavy (non-hydrogen) atoms. The number of rotatable bonds is 1. The van der Waals surface area contributed by atoms with Gasteiger partial charge in [0.25, 0.3) is 0 Å². The van der Waals surface area contributed by atoms with E-state index in [0.717, 1.165) is 23.9 Å². The Balaban J connectivity index is 2.27. The average Bonchev–Trinajstić information content (AvgIpc) is 2.20. The second-order valence-corrected chi connectivity index (χ2v) is 4.98. The number of hydrogen-bond donors (Lipinski definition) is 1. The van der Waals surface area contributed by atoms with Gasteiger partial charge in [0.2, 0.25) is 0 Å². The molecule has 0 bridgehead atoms. The standard InChI is InChI=1S/C12H16BrNO/c1-8-4-5-9(10(13)7-8)12-11(14)3-2-6-15-12/h4-5,7,11-12H,2-3,6,14H2,1H3. The maximum absolute atomic E-state index is 6.07. The minimum absolute atomic E-state index is 0.0497. The van der Waals surface area contributed by atoms with E-state index in [1.807, 2.05) is 0 Å². The van der Waals surface area contributed by atoms with Crippen LogP contribution in [0, 0.1) is 6.92 Å². The normalized spacial score (nSPS) is 26.6. The van der Waals surface area contributed by atoms with Crippen molar-refractivity contribution < 1.29 is 4.74 Å². The predicted octanol–water partition coefficient (Wildman–Crippen LogP) is 2.94. The third-order valence-electron chi connectivity index (χ3n) is 2.83. The lowest BCUT2D eigenvalue weighted by atomic mass is 9.96. The van der Waals surface area contributed by atoms with Gasteiger partial charge < -0.3 is 10.5 Å². The van der Waals surface area contributed by atoms with Gasteiger partial charge in [-0.25, -0.2) is 0 Å². The van der Waals surface area contributed by atoms with Crippen LogP contribution in [-0.2, 0) is 4.74 Å². The van der Waals surface area contributed by atoms with Gasteiger partial charge in [-0.3, -0.25) is 0 Å². The second kappa shape index (κ2) is 4.64. The zero-order chi connectivity index (χ0) is 10.8. The molecule has 0 spiro atoms. The highest BCUT2D eigenvalue weighted by Gasteiger charge is 2.25. The smallest absolute Gasteiger partial charge is 0.0986 e. The SMILES string of the molecule is Cc1ccc(C2OCCCC2N)c(Br)c1. The summed E-state index contributed by atoms with van der Waals surface area (Å²) in [6.07, 6.45) is 2.17. The highest BCUT2D eigenvalue weighted by atomic mass is 79.9. The molecular formula is C12H16BrNO. The zero-order valence-electron chi connectivity index (χ0n) is 8.87. The third kappa shape index (κ3) is 2.41. The van der Waals surface area contributed by atoms with Crippen LogP contribution in [0.4, 0.5) is 0 Å². The Kier molecular flexibility index (Phi) is 3.44. The van der Waals surface area contributed by atoms with Crippen LogP contribution in [0.3, 0.4) is 0 Å². The van der Waals surface area contributed by atoms with Crippen LogP contribution in [0.25, 0.3) is 0 Å². The second-order valence-electron chi connectivity index (χ2n) is 4.12. The summed E-state index contributed by atoms with van der Waals surface area (Å²) in [4.78, 5) is 0. The minimum atomic E-state index is 0.0497. The summed E-state index contributed by atoms with van der Waals surface area (Å²) in [5, 5.41) is 0. The summed E-state index contributed by atoms with van der Waals surface area (Å²) in [6.45, 7) is 2.90. The molecule has 1 aromatic rings. The quantitative estimate of drug-likeness (QED) is 0.851. The van der Waals surface area contributed by atoms with Crippen molar-refractivity contribution in [3.05, 3.63) is 33.8 Å². The van der Waals surface area contributed by atoms with E-state index in [9.17, 15) is 0 Å². The van der Waals surface area contributed by atoms with Crippen LogP contribution < -0.4 is 5.73 Å². The number of aryl methyl sites for hydroxylation is 1. The molecule has 2 N–H and O–H groups in total. The van der Waals surface area contributed by atoms with Crippen molar-refractivity contribution >= 4 is 15.9 Å². The van der Waals surface area contributed by atoms with Crippen LogP contribution >= 0.6 is 15.9 Å². The highest BCUT2D eigenvalue weighted by Crippen LogP contribution is 2.32. The molecule has 1 aromatic carbocycles. The molecule has 0 aromatic heterocycles. The van der Waals surface area contributed by atoms with Crippen molar-refractivity contribution in [2.45, 2.75) is 31.9 Å². The van der Waals surface area contributed by atoms with Crippen LogP contribution in [0.1, 0.15) is 30.1 Å². The largest absolute Gasteiger partial charge is 0.372 e.